The Labute approximate surface area is 80.6 Å². The third-order valence-electron chi connectivity index (χ3n) is 1.63. The third-order valence-corrected chi connectivity index (χ3v) is 2.96. The highest BCUT2D eigenvalue weighted by molar-refractivity contribution is 7.99. The van der Waals surface area contributed by atoms with Gasteiger partial charge >= 0.3 is 0 Å². The highest BCUT2D eigenvalue weighted by Gasteiger charge is 2.05. The first-order valence-electron chi connectivity index (χ1n) is 4.56. The molecule has 0 saturated heterocycles. The molecule has 0 saturated carbocycles. The fourth-order valence-corrected chi connectivity index (χ4v) is 2.24. The van der Waals surface area contributed by atoms with Crippen molar-refractivity contribution in [2.75, 3.05) is 19.5 Å². The first kappa shape index (κ1) is 12.0. The Balaban J connectivity index is 3.40. The molecule has 0 aliphatic rings. The Hall–Kier alpha value is 0.0500. The van der Waals surface area contributed by atoms with E-state index in [0.29, 0.717) is 5.25 Å². The van der Waals surface area contributed by atoms with Crippen LogP contribution in [0.15, 0.2) is 12.7 Å². The second kappa shape index (κ2) is 9.14. The number of thioether (sulfide) groups is 1. The van der Waals surface area contributed by atoms with Crippen LogP contribution in [0.4, 0.5) is 0 Å². The SMILES string of the molecule is C=CCC(COC)SCCCC. The Bertz CT molecular complexity index is 104. The summed E-state index contributed by atoms with van der Waals surface area (Å²) in [4.78, 5) is 0. The molecule has 0 bridgehead atoms. The van der Waals surface area contributed by atoms with Gasteiger partial charge in [-0.25, -0.2) is 0 Å². The van der Waals surface area contributed by atoms with Crippen LogP contribution in [-0.2, 0) is 4.74 Å². The molecule has 1 unspecified atom stereocenters. The zero-order chi connectivity index (χ0) is 9.23. The van der Waals surface area contributed by atoms with E-state index >= 15 is 0 Å². The molecule has 0 spiro atoms. The number of unbranched alkanes of at least 4 members (excludes halogenated alkanes) is 1. The Morgan fingerprint density at radius 1 is 1.58 bits per heavy atom. The first-order chi connectivity index (χ1) is 5.85. The number of allylic oxidation sites excluding steroid dienone is 1. The molecular weight excluding hydrogens is 168 g/mol. The standard InChI is InChI=1S/C10H20OS/c1-4-6-8-12-10(7-5-2)9-11-3/h5,10H,2,4,6-9H2,1,3H3. The van der Waals surface area contributed by atoms with Gasteiger partial charge in [0.1, 0.15) is 0 Å². The largest absolute Gasteiger partial charge is 0.384 e. The summed E-state index contributed by atoms with van der Waals surface area (Å²) in [5.41, 5.74) is 0. The predicted octanol–water partition coefficient (Wildman–Crippen LogP) is 3.11. The van der Waals surface area contributed by atoms with Gasteiger partial charge in [0.2, 0.25) is 0 Å². The molecule has 0 aromatic rings. The number of methoxy groups -OCH3 is 1. The van der Waals surface area contributed by atoms with Gasteiger partial charge in [-0.15, -0.1) is 6.58 Å². The Morgan fingerprint density at radius 2 is 2.33 bits per heavy atom. The van der Waals surface area contributed by atoms with Gasteiger partial charge < -0.3 is 4.74 Å². The summed E-state index contributed by atoms with van der Waals surface area (Å²) < 4.78 is 5.12. The second-order valence-corrected chi connectivity index (χ2v) is 4.23. The highest BCUT2D eigenvalue weighted by Crippen LogP contribution is 2.16. The molecule has 0 aromatic carbocycles. The van der Waals surface area contributed by atoms with Crippen LogP contribution in [0.25, 0.3) is 0 Å². The van der Waals surface area contributed by atoms with Gasteiger partial charge in [0.05, 0.1) is 6.61 Å². The van der Waals surface area contributed by atoms with Gasteiger partial charge in [0.25, 0.3) is 0 Å². The maximum absolute atomic E-state index is 5.12. The van der Waals surface area contributed by atoms with Gasteiger partial charge in [-0.1, -0.05) is 19.4 Å². The molecule has 1 atom stereocenters. The molecule has 0 fully saturated rings. The molecule has 12 heavy (non-hydrogen) atoms. The Kier molecular flexibility index (Phi) is 9.18. The van der Waals surface area contributed by atoms with Crippen LogP contribution < -0.4 is 0 Å². The summed E-state index contributed by atoms with van der Waals surface area (Å²) >= 11 is 2.00. The first-order valence-corrected chi connectivity index (χ1v) is 5.61. The van der Waals surface area contributed by atoms with Crippen molar-refractivity contribution in [2.24, 2.45) is 0 Å². The summed E-state index contributed by atoms with van der Waals surface area (Å²) in [5, 5.41) is 0.610. The number of rotatable bonds is 8. The molecule has 0 heterocycles. The molecule has 2 heteroatoms. The lowest BCUT2D eigenvalue weighted by Gasteiger charge is -2.12. The maximum atomic E-state index is 5.12. The Morgan fingerprint density at radius 3 is 2.83 bits per heavy atom. The van der Waals surface area contributed by atoms with Gasteiger partial charge in [-0.2, -0.15) is 11.8 Å². The van der Waals surface area contributed by atoms with Crippen molar-refractivity contribution in [2.45, 2.75) is 31.4 Å². The average molecular weight is 188 g/mol. The van der Waals surface area contributed by atoms with E-state index in [1.807, 2.05) is 17.8 Å². The lowest BCUT2D eigenvalue weighted by molar-refractivity contribution is 0.200. The van der Waals surface area contributed by atoms with Crippen LogP contribution in [0.5, 0.6) is 0 Å². The highest BCUT2D eigenvalue weighted by atomic mass is 32.2. The molecule has 0 aliphatic carbocycles. The fourth-order valence-electron chi connectivity index (χ4n) is 0.950. The molecule has 1 nitrogen and oxygen atoms in total. The van der Waals surface area contributed by atoms with E-state index in [-0.39, 0.29) is 0 Å². The molecule has 0 rings (SSSR count). The van der Waals surface area contributed by atoms with Crippen LogP contribution in [0, 0.1) is 0 Å². The lowest BCUT2D eigenvalue weighted by Crippen LogP contribution is -2.10. The van der Waals surface area contributed by atoms with E-state index in [1.54, 1.807) is 7.11 Å². The predicted molar refractivity (Wildman–Crippen MR) is 57.8 cm³/mol. The molecule has 0 N–H and O–H groups in total. The summed E-state index contributed by atoms with van der Waals surface area (Å²) in [7, 11) is 1.76. The minimum absolute atomic E-state index is 0.610. The quantitative estimate of drug-likeness (QED) is 0.427. The van der Waals surface area contributed by atoms with Crippen LogP contribution >= 0.6 is 11.8 Å². The zero-order valence-corrected chi connectivity index (χ0v) is 9.03. The van der Waals surface area contributed by atoms with E-state index in [0.717, 1.165) is 13.0 Å². The van der Waals surface area contributed by atoms with Crippen LogP contribution in [0.1, 0.15) is 26.2 Å². The van der Waals surface area contributed by atoms with Gasteiger partial charge in [0.15, 0.2) is 0 Å². The van der Waals surface area contributed by atoms with Crippen LogP contribution in [0.3, 0.4) is 0 Å². The second-order valence-electron chi connectivity index (χ2n) is 2.83. The maximum Gasteiger partial charge on any atom is 0.0584 e. The minimum atomic E-state index is 0.610. The van der Waals surface area contributed by atoms with Crippen molar-refractivity contribution in [3.8, 4) is 0 Å². The van der Waals surface area contributed by atoms with Crippen molar-refractivity contribution in [3.05, 3.63) is 12.7 Å². The molecule has 0 aliphatic heterocycles. The fraction of sp³-hybridized carbons (Fsp3) is 0.800. The van der Waals surface area contributed by atoms with E-state index < -0.39 is 0 Å². The normalized spacial score (nSPS) is 12.8. The van der Waals surface area contributed by atoms with Crippen LogP contribution in [0.2, 0.25) is 0 Å². The summed E-state index contributed by atoms with van der Waals surface area (Å²) in [5.74, 6) is 1.25. The average Bonchev–Trinajstić information content (AvgIpc) is 2.06. The third kappa shape index (κ3) is 6.74. The van der Waals surface area contributed by atoms with E-state index in [4.69, 9.17) is 4.74 Å². The van der Waals surface area contributed by atoms with Crippen molar-refractivity contribution in [1.82, 2.24) is 0 Å². The van der Waals surface area contributed by atoms with Crippen molar-refractivity contribution in [1.29, 1.82) is 0 Å². The zero-order valence-electron chi connectivity index (χ0n) is 8.21. The number of hydrogen-bond donors (Lipinski definition) is 0. The van der Waals surface area contributed by atoms with Gasteiger partial charge in [0, 0.05) is 12.4 Å². The monoisotopic (exact) mass is 188 g/mol. The summed E-state index contributed by atoms with van der Waals surface area (Å²) in [6.45, 7) is 6.81. The van der Waals surface area contributed by atoms with Crippen LogP contribution in [-0.4, -0.2) is 24.7 Å². The van der Waals surface area contributed by atoms with E-state index in [1.165, 1.54) is 18.6 Å². The topological polar surface area (TPSA) is 9.23 Å². The van der Waals surface area contributed by atoms with Crippen molar-refractivity contribution in [3.63, 3.8) is 0 Å². The van der Waals surface area contributed by atoms with Crippen molar-refractivity contribution >= 4 is 11.8 Å². The number of ether oxygens (including phenoxy) is 1. The molecule has 72 valence electrons. The van der Waals surface area contributed by atoms with Gasteiger partial charge in [-0.05, 0) is 18.6 Å². The van der Waals surface area contributed by atoms with Crippen molar-refractivity contribution < 1.29 is 4.74 Å². The molecule has 0 radical (unpaired) electrons. The smallest absolute Gasteiger partial charge is 0.0584 e. The van der Waals surface area contributed by atoms with E-state index in [2.05, 4.69) is 13.5 Å². The molecule has 0 aromatic heterocycles. The summed E-state index contributed by atoms with van der Waals surface area (Å²) in [6.07, 6.45) is 5.62. The molecular formula is C10H20OS. The molecule has 0 amide bonds. The number of hydrogen-bond acceptors (Lipinski definition) is 2. The summed E-state index contributed by atoms with van der Waals surface area (Å²) in [6, 6.07) is 0. The lowest BCUT2D eigenvalue weighted by atomic mass is 10.3. The van der Waals surface area contributed by atoms with Gasteiger partial charge in [-0.3, -0.25) is 0 Å². The minimum Gasteiger partial charge on any atom is -0.384 e. The van der Waals surface area contributed by atoms with E-state index in [9.17, 15) is 0 Å².